The number of hydrogen-bond acceptors (Lipinski definition) is 5. The van der Waals surface area contributed by atoms with Gasteiger partial charge in [-0.25, -0.2) is 4.79 Å². The molecular weight excluding hydrogens is 312 g/mol. The molecule has 1 atom stereocenters. The monoisotopic (exact) mass is 334 g/mol. The van der Waals surface area contributed by atoms with Crippen LogP contribution in [0.5, 0.6) is 0 Å². The van der Waals surface area contributed by atoms with Gasteiger partial charge in [0.25, 0.3) is 0 Å². The zero-order valence-corrected chi connectivity index (χ0v) is 13.4. The van der Waals surface area contributed by atoms with Crippen molar-refractivity contribution in [2.24, 2.45) is 0 Å². The summed E-state index contributed by atoms with van der Waals surface area (Å²) in [7, 11) is 0. The average molecular weight is 334 g/mol. The highest BCUT2D eigenvalue weighted by Gasteiger charge is 2.52. The number of benzene rings is 1. The molecule has 2 heterocycles. The lowest BCUT2D eigenvalue weighted by atomic mass is 9.90. The van der Waals surface area contributed by atoms with Gasteiger partial charge >= 0.3 is 12.1 Å². The first-order valence-corrected chi connectivity index (χ1v) is 8.15. The van der Waals surface area contributed by atoms with E-state index in [4.69, 9.17) is 9.47 Å². The summed E-state index contributed by atoms with van der Waals surface area (Å²) < 4.78 is 10.7. The molecule has 2 aliphatic rings. The molecule has 1 aromatic rings. The van der Waals surface area contributed by atoms with Gasteiger partial charge in [-0.05, 0) is 18.4 Å². The first kappa shape index (κ1) is 16.7. The summed E-state index contributed by atoms with van der Waals surface area (Å²) in [6, 6.07) is 9.37. The molecular formula is C17H22N2O5. The van der Waals surface area contributed by atoms with E-state index in [9.17, 15) is 14.7 Å². The Kier molecular flexibility index (Phi) is 5.01. The molecule has 2 fully saturated rings. The van der Waals surface area contributed by atoms with E-state index in [-0.39, 0.29) is 25.8 Å². The number of carboxylic acid groups (broad SMARTS) is 1. The second-order valence-electron chi connectivity index (χ2n) is 6.30. The number of aliphatic carboxylic acids is 1. The molecule has 130 valence electrons. The van der Waals surface area contributed by atoms with E-state index in [2.05, 4.69) is 5.32 Å². The number of carbonyl (C=O) groups is 2. The van der Waals surface area contributed by atoms with E-state index in [1.165, 1.54) is 4.90 Å². The Hall–Kier alpha value is -2.12. The number of carbonyl (C=O) groups excluding carboxylic acids is 1. The molecule has 0 radical (unpaired) electrons. The van der Waals surface area contributed by atoms with Gasteiger partial charge in [0.2, 0.25) is 0 Å². The van der Waals surface area contributed by atoms with Gasteiger partial charge < -0.3 is 19.5 Å². The van der Waals surface area contributed by atoms with E-state index >= 15 is 0 Å². The summed E-state index contributed by atoms with van der Waals surface area (Å²) in [5.41, 5.74) is -0.204. The van der Waals surface area contributed by atoms with Crippen LogP contribution in [0.2, 0.25) is 0 Å². The molecule has 0 saturated carbocycles. The van der Waals surface area contributed by atoms with Crippen LogP contribution in [-0.2, 0) is 20.9 Å². The Morgan fingerprint density at radius 1 is 1.33 bits per heavy atom. The predicted octanol–water partition coefficient (Wildman–Crippen LogP) is 1.23. The van der Waals surface area contributed by atoms with Crippen molar-refractivity contribution < 1.29 is 24.2 Å². The van der Waals surface area contributed by atoms with Crippen molar-refractivity contribution in [1.29, 1.82) is 0 Å². The molecule has 0 spiro atoms. The van der Waals surface area contributed by atoms with Crippen LogP contribution >= 0.6 is 0 Å². The SMILES string of the molecule is O=C(OCc1ccccc1)N1CC(NCC2CCCO2)(C(=O)O)C1. The smallest absolute Gasteiger partial charge is 0.410 e. The predicted molar refractivity (Wildman–Crippen MR) is 85.5 cm³/mol. The Labute approximate surface area is 140 Å². The molecule has 7 nitrogen and oxygen atoms in total. The summed E-state index contributed by atoms with van der Waals surface area (Å²) in [6.45, 7) is 1.59. The first-order chi connectivity index (χ1) is 11.6. The van der Waals surface area contributed by atoms with Crippen molar-refractivity contribution in [1.82, 2.24) is 10.2 Å². The minimum atomic E-state index is -1.10. The average Bonchev–Trinajstić information content (AvgIpc) is 3.06. The van der Waals surface area contributed by atoms with E-state index in [0.29, 0.717) is 6.54 Å². The normalized spacial score (nSPS) is 22.0. The number of ether oxygens (including phenoxy) is 2. The quantitative estimate of drug-likeness (QED) is 0.813. The van der Waals surface area contributed by atoms with E-state index < -0.39 is 17.6 Å². The third-order valence-electron chi connectivity index (χ3n) is 4.49. The molecule has 2 N–H and O–H groups in total. The van der Waals surface area contributed by atoms with Crippen LogP contribution in [0, 0.1) is 0 Å². The van der Waals surface area contributed by atoms with Crippen molar-refractivity contribution in [3.63, 3.8) is 0 Å². The van der Waals surface area contributed by atoms with Crippen molar-refractivity contribution in [3.05, 3.63) is 35.9 Å². The molecule has 2 saturated heterocycles. The molecule has 1 aromatic carbocycles. The minimum absolute atomic E-state index is 0.0558. The molecule has 2 aliphatic heterocycles. The van der Waals surface area contributed by atoms with Crippen LogP contribution in [0.1, 0.15) is 18.4 Å². The molecule has 3 rings (SSSR count). The minimum Gasteiger partial charge on any atom is -0.480 e. The van der Waals surface area contributed by atoms with Crippen LogP contribution in [0.3, 0.4) is 0 Å². The number of carboxylic acids is 1. The van der Waals surface area contributed by atoms with Gasteiger partial charge in [0.1, 0.15) is 6.61 Å². The molecule has 1 unspecified atom stereocenters. The maximum Gasteiger partial charge on any atom is 0.410 e. The molecule has 7 heteroatoms. The van der Waals surface area contributed by atoms with Gasteiger partial charge in [-0.3, -0.25) is 10.1 Å². The second-order valence-corrected chi connectivity index (χ2v) is 6.30. The van der Waals surface area contributed by atoms with Gasteiger partial charge in [0.05, 0.1) is 19.2 Å². The van der Waals surface area contributed by atoms with Gasteiger partial charge in [-0.15, -0.1) is 0 Å². The Balaban J connectivity index is 1.47. The zero-order valence-electron chi connectivity index (χ0n) is 13.4. The van der Waals surface area contributed by atoms with Gasteiger partial charge in [-0.1, -0.05) is 30.3 Å². The highest BCUT2D eigenvalue weighted by molar-refractivity contribution is 5.84. The fraction of sp³-hybridized carbons (Fsp3) is 0.529. The number of amides is 1. The Bertz CT molecular complexity index is 580. The van der Waals surface area contributed by atoms with Crippen LogP contribution in [-0.4, -0.2) is 60.0 Å². The Morgan fingerprint density at radius 2 is 2.08 bits per heavy atom. The number of hydrogen-bond donors (Lipinski definition) is 2. The molecule has 24 heavy (non-hydrogen) atoms. The third kappa shape index (κ3) is 3.68. The second kappa shape index (κ2) is 7.19. The lowest BCUT2D eigenvalue weighted by molar-refractivity contribution is -0.152. The summed E-state index contributed by atoms with van der Waals surface area (Å²) in [4.78, 5) is 25.0. The number of rotatable bonds is 6. The maximum atomic E-state index is 12.0. The number of nitrogens with one attached hydrogen (secondary N) is 1. The van der Waals surface area contributed by atoms with Crippen LogP contribution in [0.4, 0.5) is 4.79 Å². The highest BCUT2D eigenvalue weighted by atomic mass is 16.6. The molecule has 0 bridgehead atoms. The first-order valence-electron chi connectivity index (χ1n) is 8.15. The van der Waals surface area contributed by atoms with Gasteiger partial charge in [0, 0.05) is 13.2 Å². The van der Waals surface area contributed by atoms with Crippen molar-refractivity contribution in [2.75, 3.05) is 26.2 Å². The fourth-order valence-corrected chi connectivity index (χ4v) is 2.98. The van der Waals surface area contributed by atoms with Crippen LogP contribution in [0.15, 0.2) is 30.3 Å². The van der Waals surface area contributed by atoms with Crippen LogP contribution < -0.4 is 5.32 Å². The zero-order chi connectivity index (χ0) is 17.0. The summed E-state index contributed by atoms with van der Waals surface area (Å²) >= 11 is 0. The van der Waals surface area contributed by atoms with Crippen LogP contribution in [0.25, 0.3) is 0 Å². The third-order valence-corrected chi connectivity index (χ3v) is 4.49. The molecule has 0 aliphatic carbocycles. The van der Waals surface area contributed by atoms with Crippen molar-refractivity contribution in [2.45, 2.75) is 31.1 Å². The fourth-order valence-electron chi connectivity index (χ4n) is 2.98. The lowest BCUT2D eigenvalue weighted by Gasteiger charge is -2.46. The van der Waals surface area contributed by atoms with Crippen molar-refractivity contribution >= 4 is 12.1 Å². The van der Waals surface area contributed by atoms with E-state index in [1.54, 1.807) is 0 Å². The topological polar surface area (TPSA) is 88.1 Å². The van der Waals surface area contributed by atoms with Gasteiger partial charge in [0.15, 0.2) is 5.54 Å². The van der Waals surface area contributed by atoms with E-state index in [1.807, 2.05) is 30.3 Å². The standard InChI is InChI=1S/C17H22N2O5/c20-15(21)17(18-9-14-7-4-8-23-14)11-19(12-17)16(22)24-10-13-5-2-1-3-6-13/h1-3,5-6,14,18H,4,7-12H2,(H,20,21). The van der Waals surface area contributed by atoms with E-state index in [0.717, 1.165) is 25.0 Å². The molecule has 1 amide bonds. The largest absolute Gasteiger partial charge is 0.480 e. The number of nitrogens with zero attached hydrogens (tertiary/aromatic N) is 1. The maximum absolute atomic E-state index is 12.0. The Morgan fingerprint density at radius 3 is 2.71 bits per heavy atom. The summed E-state index contributed by atoms with van der Waals surface area (Å²) in [5, 5.41) is 12.5. The van der Waals surface area contributed by atoms with Gasteiger partial charge in [-0.2, -0.15) is 0 Å². The number of likely N-dealkylation sites (tertiary alicyclic amines) is 1. The lowest BCUT2D eigenvalue weighted by Crippen LogP contribution is -2.74. The molecule has 0 aromatic heterocycles. The van der Waals surface area contributed by atoms with Crippen molar-refractivity contribution in [3.8, 4) is 0 Å². The summed E-state index contributed by atoms with van der Waals surface area (Å²) in [6.07, 6.45) is 1.51. The highest BCUT2D eigenvalue weighted by Crippen LogP contribution is 2.23. The summed E-state index contributed by atoms with van der Waals surface area (Å²) in [5.74, 6) is -0.951.